The fraction of sp³-hybridized carbons (Fsp3) is 0.333. The van der Waals surface area contributed by atoms with Gasteiger partial charge in [0.2, 0.25) is 5.78 Å². The van der Waals surface area contributed by atoms with Gasteiger partial charge in [0.25, 0.3) is 0 Å². The molecule has 0 saturated heterocycles. The Kier molecular flexibility index (Phi) is 5.77. The van der Waals surface area contributed by atoms with E-state index in [2.05, 4.69) is 0 Å². The number of methoxy groups -OCH3 is 1. The molecule has 0 radical (unpaired) electrons. The van der Waals surface area contributed by atoms with Crippen molar-refractivity contribution in [3.63, 3.8) is 0 Å². The predicted octanol–water partition coefficient (Wildman–Crippen LogP) is 1.89. The first-order chi connectivity index (χ1) is 9.49. The van der Waals surface area contributed by atoms with Gasteiger partial charge >= 0.3 is 5.97 Å². The number of nitrogens with zero attached hydrogens (tertiary/aromatic N) is 1. The maximum absolute atomic E-state index is 12.4. The Labute approximate surface area is 118 Å². The van der Waals surface area contributed by atoms with Crippen molar-refractivity contribution in [3.8, 4) is 5.75 Å². The Morgan fingerprint density at radius 3 is 2.55 bits per heavy atom. The van der Waals surface area contributed by atoms with Gasteiger partial charge in [0, 0.05) is 25.9 Å². The molecule has 0 fully saturated rings. The molecule has 5 heteroatoms. The van der Waals surface area contributed by atoms with Crippen LogP contribution in [0, 0.1) is 0 Å². The van der Waals surface area contributed by atoms with E-state index >= 15 is 0 Å². The van der Waals surface area contributed by atoms with E-state index in [0.717, 1.165) is 0 Å². The highest BCUT2D eigenvalue weighted by molar-refractivity contribution is 6.24. The Bertz CT molecular complexity index is 520. The van der Waals surface area contributed by atoms with Crippen LogP contribution in [-0.4, -0.2) is 44.5 Å². The first kappa shape index (κ1) is 15.8. The maximum atomic E-state index is 12.4. The van der Waals surface area contributed by atoms with Crippen molar-refractivity contribution >= 4 is 11.8 Å². The van der Waals surface area contributed by atoms with Crippen LogP contribution in [0.4, 0.5) is 0 Å². The molecule has 0 aromatic heterocycles. The van der Waals surface area contributed by atoms with Crippen LogP contribution in [0.25, 0.3) is 0 Å². The minimum atomic E-state index is -0.631. The molecular formula is C15H19NO4. The standard InChI is InChI=1S/C15H19NO4/c1-5-20-15(18)13(10-16(2)3)14(17)11-7-6-8-12(9-11)19-4/h6-10H,5H2,1-4H3/b13-10+. The summed E-state index contributed by atoms with van der Waals surface area (Å²) in [5.41, 5.74) is 0.371. The largest absolute Gasteiger partial charge is 0.497 e. The Morgan fingerprint density at radius 2 is 2.00 bits per heavy atom. The first-order valence-corrected chi connectivity index (χ1v) is 6.23. The molecule has 1 aromatic carbocycles. The molecule has 0 atom stereocenters. The van der Waals surface area contributed by atoms with Crippen LogP contribution in [0.1, 0.15) is 17.3 Å². The summed E-state index contributed by atoms with van der Waals surface area (Å²) in [5, 5.41) is 0. The van der Waals surface area contributed by atoms with Crippen molar-refractivity contribution in [2.75, 3.05) is 27.8 Å². The summed E-state index contributed by atoms with van der Waals surface area (Å²) in [6, 6.07) is 6.65. The van der Waals surface area contributed by atoms with Crippen LogP contribution >= 0.6 is 0 Å². The summed E-state index contributed by atoms with van der Waals surface area (Å²) in [5.74, 6) is -0.464. The Balaban J connectivity index is 3.13. The van der Waals surface area contributed by atoms with Crippen LogP contribution in [-0.2, 0) is 9.53 Å². The van der Waals surface area contributed by atoms with E-state index in [4.69, 9.17) is 9.47 Å². The van der Waals surface area contributed by atoms with Crippen LogP contribution < -0.4 is 4.74 Å². The number of ether oxygens (including phenoxy) is 2. The molecule has 0 amide bonds. The van der Waals surface area contributed by atoms with Crippen LogP contribution in [0.15, 0.2) is 36.0 Å². The summed E-state index contributed by atoms with van der Waals surface area (Å²) in [4.78, 5) is 25.9. The van der Waals surface area contributed by atoms with Crippen molar-refractivity contribution in [2.45, 2.75) is 6.92 Å². The summed E-state index contributed by atoms with van der Waals surface area (Å²) in [6.45, 7) is 1.91. The minimum Gasteiger partial charge on any atom is -0.497 e. The number of hydrogen-bond acceptors (Lipinski definition) is 5. The highest BCUT2D eigenvalue weighted by Gasteiger charge is 2.21. The van der Waals surface area contributed by atoms with Gasteiger partial charge in [-0.15, -0.1) is 0 Å². The van der Waals surface area contributed by atoms with E-state index in [-0.39, 0.29) is 12.2 Å². The van der Waals surface area contributed by atoms with Gasteiger partial charge in [-0.3, -0.25) is 4.79 Å². The van der Waals surface area contributed by atoms with Gasteiger partial charge in [0.1, 0.15) is 11.3 Å². The molecule has 0 spiro atoms. The lowest BCUT2D eigenvalue weighted by atomic mass is 10.0. The molecule has 20 heavy (non-hydrogen) atoms. The summed E-state index contributed by atoms with van der Waals surface area (Å²) in [7, 11) is 4.99. The third kappa shape index (κ3) is 4.12. The van der Waals surface area contributed by atoms with Crippen molar-refractivity contribution in [2.24, 2.45) is 0 Å². The monoisotopic (exact) mass is 277 g/mol. The van der Waals surface area contributed by atoms with E-state index in [1.807, 2.05) is 0 Å². The number of hydrogen-bond donors (Lipinski definition) is 0. The highest BCUT2D eigenvalue weighted by atomic mass is 16.5. The van der Waals surface area contributed by atoms with Gasteiger partial charge in [-0.1, -0.05) is 12.1 Å². The number of esters is 1. The molecule has 0 aliphatic carbocycles. The van der Waals surface area contributed by atoms with E-state index in [1.54, 1.807) is 50.2 Å². The molecule has 0 bridgehead atoms. The first-order valence-electron chi connectivity index (χ1n) is 6.23. The van der Waals surface area contributed by atoms with Gasteiger partial charge in [0.05, 0.1) is 13.7 Å². The predicted molar refractivity (Wildman–Crippen MR) is 75.7 cm³/mol. The average molecular weight is 277 g/mol. The number of carbonyl (C=O) groups is 2. The lowest BCUT2D eigenvalue weighted by molar-refractivity contribution is -0.138. The van der Waals surface area contributed by atoms with Gasteiger partial charge < -0.3 is 14.4 Å². The number of rotatable bonds is 6. The molecule has 0 aliphatic rings. The van der Waals surface area contributed by atoms with Crippen LogP contribution in [0.2, 0.25) is 0 Å². The second-order valence-electron chi connectivity index (χ2n) is 4.29. The van der Waals surface area contributed by atoms with E-state index in [1.165, 1.54) is 13.3 Å². The summed E-state index contributed by atoms with van der Waals surface area (Å²) >= 11 is 0. The third-order valence-electron chi connectivity index (χ3n) is 2.46. The molecule has 5 nitrogen and oxygen atoms in total. The lowest BCUT2D eigenvalue weighted by Gasteiger charge is -2.11. The van der Waals surface area contributed by atoms with Gasteiger partial charge in [-0.2, -0.15) is 0 Å². The van der Waals surface area contributed by atoms with Gasteiger partial charge in [-0.05, 0) is 19.1 Å². The fourth-order valence-corrected chi connectivity index (χ4v) is 1.59. The molecule has 0 N–H and O–H groups in total. The molecule has 0 heterocycles. The normalized spacial score (nSPS) is 10.9. The van der Waals surface area contributed by atoms with E-state index in [9.17, 15) is 9.59 Å². The number of ketones is 1. The second-order valence-corrected chi connectivity index (χ2v) is 4.29. The SMILES string of the molecule is CCOC(=O)/C(=C/N(C)C)C(=O)c1cccc(OC)c1. The minimum absolute atomic E-state index is 0.00916. The average Bonchev–Trinajstić information content (AvgIpc) is 2.44. The molecule has 1 rings (SSSR count). The van der Waals surface area contributed by atoms with Crippen molar-refractivity contribution in [1.29, 1.82) is 0 Å². The summed E-state index contributed by atoms with van der Waals surface area (Å²) < 4.78 is 9.99. The van der Waals surface area contributed by atoms with Crippen LogP contribution in [0.3, 0.4) is 0 Å². The lowest BCUT2D eigenvalue weighted by Crippen LogP contribution is -2.19. The van der Waals surface area contributed by atoms with Crippen LogP contribution in [0.5, 0.6) is 5.75 Å². The zero-order chi connectivity index (χ0) is 15.1. The molecule has 0 aliphatic heterocycles. The molecule has 0 unspecified atom stereocenters. The number of Topliss-reactive ketones (excluding diaryl/α,β-unsaturated/α-hetero) is 1. The van der Waals surface area contributed by atoms with Gasteiger partial charge in [-0.25, -0.2) is 4.79 Å². The molecular weight excluding hydrogens is 258 g/mol. The smallest absolute Gasteiger partial charge is 0.343 e. The van der Waals surface area contributed by atoms with Crippen molar-refractivity contribution < 1.29 is 19.1 Å². The zero-order valence-electron chi connectivity index (χ0n) is 12.2. The Morgan fingerprint density at radius 1 is 1.30 bits per heavy atom. The van der Waals surface area contributed by atoms with E-state index < -0.39 is 11.8 Å². The number of carbonyl (C=O) groups excluding carboxylic acids is 2. The van der Waals surface area contributed by atoms with Gasteiger partial charge in [0.15, 0.2) is 0 Å². The molecule has 1 aromatic rings. The maximum Gasteiger partial charge on any atom is 0.343 e. The second kappa shape index (κ2) is 7.33. The topological polar surface area (TPSA) is 55.8 Å². The number of benzene rings is 1. The third-order valence-corrected chi connectivity index (χ3v) is 2.46. The summed E-state index contributed by atoms with van der Waals surface area (Å²) in [6.07, 6.45) is 1.46. The molecule has 0 saturated carbocycles. The fourth-order valence-electron chi connectivity index (χ4n) is 1.59. The quantitative estimate of drug-likeness (QED) is 0.261. The zero-order valence-corrected chi connectivity index (χ0v) is 12.2. The Hall–Kier alpha value is -2.30. The molecule has 108 valence electrons. The van der Waals surface area contributed by atoms with Crippen molar-refractivity contribution in [1.82, 2.24) is 4.90 Å². The van der Waals surface area contributed by atoms with E-state index in [0.29, 0.717) is 11.3 Å². The highest BCUT2D eigenvalue weighted by Crippen LogP contribution is 2.17. The van der Waals surface area contributed by atoms with Crippen molar-refractivity contribution in [3.05, 3.63) is 41.6 Å².